The van der Waals surface area contributed by atoms with Crippen LogP contribution in [0.2, 0.25) is 0 Å². The molecule has 1 aromatic rings. The van der Waals surface area contributed by atoms with Crippen molar-refractivity contribution < 1.29 is 4.79 Å². The molecule has 16 heavy (non-hydrogen) atoms. The first-order valence-corrected chi connectivity index (χ1v) is 5.76. The molecular weight excluding hydrogens is 272 g/mol. The highest BCUT2D eigenvalue weighted by molar-refractivity contribution is 9.10. The topological polar surface area (TPSA) is 58.1 Å². The Labute approximate surface area is 103 Å². The summed E-state index contributed by atoms with van der Waals surface area (Å²) in [5.41, 5.74) is 0. The second kappa shape index (κ2) is 5.79. The molecular formula is C10H15BrN4O. The molecule has 0 radical (unpaired) electrons. The van der Waals surface area contributed by atoms with Gasteiger partial charge in [0.2, 0.25) is 5.91 Å². The van der Waals surface area contributed by atoms with Crippen LogP contribution in [-0.2, 0) is 4.79 Å². The van der Waals surface area contributed by atoms with Gasteiger partial charge in [-0.25, -0.2) is 9.97 Å². The van der Waals surface area contributed by atoms with Crippen LogP contribution in [0.25, 0.3) is 0 Å². The Morgan fingerprint density at radius 3 is 2.81 bits per heavy atom. The zero-order valence-corrected chi connectivity index (χ0v) is 11.2. The molecule has 1 amide bonds. The van der Waals surface area contributed by atoms with Gasteiger partial charge in [-0.1, -0.05) is 0 Å². The number of aromatic nitrogens is 2. The highest BCUT2D eigenvalue weighted by atomic mass is 79.9. The molecule has 0 atom stereocenters. The van der Waals surface area contributed by atoms with Gasteiger partial charge >= 0.3 is 0 Å². The van der Waals surface area contributed by atoms with Gasteiger partial charge in [-0.15, -0.1) is 0 Å². The first-order chi connectivity index (χ1) is 7.49. The monoisotopic (exact) mass is 286 g/mol. The van der Waals surface area contributed by atoms with Crippen molar-refractivity contribution in [2.45, 2.75) is 19.9 Å². The van der Waals surface area contributed by atoms with E-state index < -0.39 is 0 Å². The largest absolute Gasteiger partial charge is 0.352 e. The molecule has 0 aromatic carbocycles. The third kappa shape index (κ3) is 4.14. The van der Waals surface area contributed by atoms with E-state index in [-0.39, 0.29) is 18.5 Å². The molecule has 5 nitrogen and oxygen atoms in total. The maximum Gasteiger partial charge on any atom is 0.239 e. The van der Waals surface area contributed by atoms with E-state index in [4.69, 9.17) is 0 Å². The summed E-state index contributed by atoms with van der Waals surface area (Å²) < 4.78 is 0.702. The van der Waals surface area contributed by atoms with Gasteiger partial charge in [-0.05, 0) is 29.8 Å². The molecule has 1 N–H and O–H groups in total. The van der Waals surface area contributed by atoms with E-state index in [0.717, 1.165) is 0 Å². The van der Waals surface area contributed by atoms with Crippen molar-refractivity contribution in [2.24, 2.45) is 0 Å². The average Bonchev–Trinajstić information content (AvgIpc) is 2.16. The maximum atomic E-state index is 11.5. The van der Waals surface area contributed by atoms with Crippen molar-refractivity contribution in [2.75, 3.05) is 18.5 Å². The van der Waals surface area contributed by atoms with Crippen molar-refractivity contribution >= 4 is 27.7 Å². The quantitative estimate of drug-likeness (QED) is 0.845. The molecule has 0 saturated carbocycles. The van der Waals surface area contributed by atoms with Crippen molar-refractivity contribution in [3.8, 4) is 0 Å². The van der Waals surface area contributed by atoms with Gasteiger partial charge in [0.05, 0.1) is 6.54 Å². The Kier molecular flexibility index (Phi) is 4.67. The molecule has 0 fully saturated rings. The third-order valence-corrected chi connectivity index (χ3v) is 2.27. The molecule has 0 aliphatic heterocycles. The molecule has 88 valence electrons. The van der Waals surface area contributed by atoms with E-state index in [1.54, 1.807) is 11.0 Å². The van der Waals surface area contributed by atoms with Gasteiger partial charge in [0.1, 0.15) is 16.7 Å². The van der Waals surface area contributed by atoms with E-state index >= 15 is 0 Å². The van der Waals surface area contributed by atoms with E-state index in [0.29, 0.717) is 10.4 Å². The number of amides is 1. The smallest absolute Gasteiger partial charge is 0.239 e. The lowest BCUT2D eigenvalue weighted by atomic mass is 10.4. The number of carbonyl (C=O) groups excluding carboxylic acids is 1. The molecule has 0 bridgehead atoms. The number of hydrogen-bond acceptors (Lipinski definition) is 4. The number of likely N-dealkylation sites (N-methyl/N-ethyl adjacent to an activating group) is 1. The lowest BCUT2D eigenvalue weighted by Crippen LogP contribution is -2.38. The predicted octanol–water partition coefficient (Wildman–Crippen LogP) is 1.20. The van der Waals surface area contributed by atoms with Crippen LogP contribution in [0.15, 0.2) is 17.0 Å². The molecule has 1 rings (SSSR count). The second-order valence-corrected chi connectivity index (χ2v) is 4.59. The summed E-state index contributed by atoms with van der Waals surface area (Å²) in [6, 6.07) is 1.92. The van der Waals surface area contributed by atoms with Gasteiger partial charge < -0.3 is 10.2 Å². The zero-order valence-electron chi connectivity index (χ0n) is 9.57. The van der Waals surface area contributed by atoms with Crippen LogP contribution in [-0.4, -0.2) is 35.5 Å². The second-order valence-electron chi connectivity index (χ2n) is 3.78. The fraction of sp³-hybridized carbons (Fsp3) is 0.500. The summed E-state index contributed by atoms with van der Waals surface area (Å²) in [7, 11) is 1.81. The first kappa shape index (κ1) is 12.9. The minimum Gasteiger partial charge on any atom is -0.352 e. The number of carbonyl (C=O) groups is 1. The van der Waals surface area contributed by atoms with E-state index in [2.05, 4.69) is 31.2 Å². The van der Waals surface area contributed by atoms with Crippen LogP contribution in [0, 0.1) is 0 Å². The lowest BCUT2D eigenvalue weighted by Gasteiger charge is -2.18. The maximum absolute atomic E-state index is 11.5. The zero-order chi connectivity index (χ0) is 12.1. The number of nitrogens with zero attached hydrogens (tertiary/aromatic N) is 3. The van der Waals surface area contributed by atoms with Crippen LogP contribution in [0.5, 0.6) is 0 Å². The van der Waals surface area contributed by atoms with Gasteiger partial charge in [0.15, 0.2) is 0 Å². The Morgan fingerprint density at radius 1 is 1.56 bits per heavy atom. The van der Waals surface area contributed by atoms with Gasteiger partial charge in [0, 0.05) is 19.2 Å². The first-order valence-electron chi connectivity index (χ1n) is 4.97. The van der Waals surface area contributed by atoms with Crippen LogP contribution >= 0.6 is 15.9 Å². The Morgan fingerprint density at radius 2 is 2.25 bits per heavy atom. The van der Waals surface area contributed by atoms with Crippen LogP contribution in [0.4, 0.5) is 5.82 Å². The van der Waals surface area contributed by atoms with E-state index in [9.17, 15) is 4.79 Å². The minimum absolute atomic E-state index is 0.0211. The van der Waals surface area contributed by atoms with Gasteiger partial charge in [0.25, 0.3) is 0 Å². The fourth-order valence-electron chi connectivity index (χ4n) is 1.20. The SMILES string of the molecule is CC(C)NC(=O)CN(C)c1cc(Br)ncn1. The minimum atomic E-state index is -0.0211. The molecule has 1 aromatic heterocycles. The molecule has 1 heterocycles. The number of anilines is 1. The summed E-state index contributed by atoms with van der Waals surface area (Å²) in [5, 5.41) is 2.82. The average molecular weight is 287 g/mol. The summed E-state index contributed by atoms with van der Waals surface area (Å²) in [6.07, 6.45) is 1.45. The van der Waals surface area contributed by atoms with E-state index in [1.165, 1.54) is 6.33 Å². The van der Waals surface area contributed by atoms with Gasteiger partial charge in [-0.3, -0.25) is 4.79 Å². The molecule has 0 spiro atoms. The Bertz CT molecular complexity index is 370. The molecule has 0 aliphatic carbocycles. The van der Waals surface area contributed by atoms with Crippen LogP contribution < -0.4 is 10.2 Å². The molecule has 6 heteroatoms. The van der Waals surface area contributed by atoms with Crippen molar-refractivity contribution in [3.05, 3.63) is 17.0 Å². The Hall–Kier alpha value is -1.17. The summed E-state index contributed by atoms with van der Waals surface area (Å²) in [6.45, 7) is 4.14. The highest BCUT2D eigenvalue weighted by Gasteiger charge is 2.09. The number of halogens is 1. The van der Waals surface area contributed by atoms with Crippen molar-refractivity contribution in [1.82, 2.24) is 15.3 Å². The standard InChI is InChI=1S/C10H15BrN4O/c1-7(2)14-10(16)5-15(3)9-4-8(11)12-6-13-9/h4,6-7H,5H2,1-3H3,(H,14,16). The highest BCUT2D eigenvalue weighted by Crippen LogP contribution is 2.12. The van der Waals surface area contributed by atoms with Crippen LogP contribution in [0.3, 0.4) is 0 Å². The van der Waals surface area contributed by atoms with Crippen molar-refractivity contribution in [1.29, 1.82) is 0 Å². The van der Waals surface area contributed by atoms with Crippen LogP contribution in [0.1, 0.15) is 13.8 Å². The number of nitrogens with one attached hydrogen (secondary N) is 1. The lowest BCUT2D eigenvalue weighted by molar-refractivity contribution is -0.120. The number of hydrogen-bond donors (Lipinski definition) is 1. The molecule has 0 saturated heterocycles. The number of rotatable bonds is 4. The Balaban J connectivity index is 2.58. The third-order valence-electron chi connectivity index (χ3n) is 1.84. The summed E-state index contributed by atoms with van der Waals surface area (Å²) in [4.78, 5) is 21.3. The predicted molar refractivity (Wildman–Crippen MR) is 66.3 cm³/mol. The molecule has 0 aliphatic rings. The summed E-state index contributed by atoms with van der Waals surface area (Å²) >= 11 is 3.26. The van der Waals surface area contributed by atoms with Crippen molar-refractivity contribution in [3.63, 3.8) is 0 Å². The van der Waals surface area contributed by atoms with E-state index in [1.807, 2.05) is 20.9 Å². The molecule has 0 unspecified atom stereocenters. The normalized spacial score (nSPS) is 10.3. The summed E-state index contributed by atoms with van der Waals surface area (Å²) in [5.74, 6) is 0.688. The van der Waals surface area contributed by atoms with Gasteiger partial charge in [-0.2, -0.15) is 0 Å². The fourth-order valence-corrected chi connectivity index (χ4v) is 1.49.